The van der Waals surface area contributed by atoms with Gasteiger partial charge in [0.1, 0.15) is 11.4 Å². The third-order valence-electron chi connectivity index (χ3n) is 3.68. The monoisotopic (exact) mass is 240 g/mol. The van der Waals surface area contributed by atoms with Crippen LogP contribution in [0.3, 0.4) is 0 Å². The molecule has 2 aliphatic heterocycles. The largest absolute Gasteiger partial charge is 0.473 e. The van der Waals surface area contributed by atoms with E-state index in [-0.39, 0.29) is 6.23 Å². The highest BCUT2D eigenvalue weighted by Gasteiger charge is 2.36. The van der Waals surface area contributed by atoms with Crippen molar-refractivity contribution in [1.82, 2.24) is 10.6 Å². The van der Waals surface area contributed by atoms with Crippen LogP contribution >= 0.6 is 0 Å². The molecular formula is C13H24N2O2. The molecule has 3 atom stereocenters. The van der Waals surface area contributed by atoms with Gasteiger partial charge in [0.25, 0.3) is 0 Å². The first-order valence-electron chi connectivity index (χ1n) is 6.48. The van der Waals surface area contributed by atoms with E-state index < -0.39 is 5.60 Å². The molecule has 2 aliphatic rings. The molecule has 1 fully saturated rings. The summed E-state index contributed by atoms with van der Waals surface area (Å²) in [6.45, 7) is 8.67. The molecule has 17 heavy (non-hydrogen) atoms. The van der Waals surface area contributed by atoms with Gasteiger partial charge >= 0.3 is 0 Å². The molecule has 0 radical (unpaired) electrons. The molecule has 0 aromatic heterocycles. The van der Waals surface area contributed by atoms with Crippen molar-refractivity contribution in [2.45, 2.75) is 58.4 Å². The minimum absolute atomic E-state index is 0.0106. The van der Waals surface area contributed by atoms with Gasteiger partial charge in [0.15, 0.2) is 6.23 Å². The molecular weight excluding hydrogens is 216 g/mol. The molecule has 0 aromatic carbocycles. The van der Waals surface area contributed by atoms with Gasteiger partial charge in [0.05, 0.1) is 5.70 Å². The highest BCUT2D eigenvalue weighted by molar-refractivity contribution is 5.19. The summed E-state index contributed by atoms with van der Waals surface area (Å²) < 4.78 is 5.84. The van der Waals surface area contributed by atoms with Crippen LogP contribution < -0.4 is 10.6 Å². The fraction of sp³-hybridized carbons (Fsp3) is 0.846. The molecule has 3 N–H and O–H groups in total. The standard InChI is InChI=1S/C13H24N2O2/c1-8-5-6-10(7-14-8)12-15-11(9(2)17-12)13(3,4)16/h8,10,12,14-16H,5-7H2,1-4H3/t8-,10?,12?/m1/s1. The molecule has 0 spiro atoms. The zero-order valence-electron chi connectivity index (χ0n) is 11.2. The van der Waals surface area contributed by atoms with E-state index in [4.69, 9.17) is 4.74 Å². The van der Waals surface area contributed by atoms with Gasteiger partial charge in [0.2, 0.25) is 0 Å². The van der Waals surface area contributed by atoms with Crippen molar-refractivity contribution in [3.63, 3.8) is 0 Å². The summed E-state index contributed by atoms with van der Waals surface area (Å²) in [5.74, 6) is 1.29. The lowest BCUT2D eigenvalue weighted by Gasteiger charge is -2.32. The molecule has 4 nitrogen and oxygen atoms in total. The van der Waals surface area contributed by atoms with E-state index in [1.54, 1.807) is 13.8 Å². The summed E-state index contributed by atoms with van der Waals surface area (Å²) in [5, 5.41) is 16.8. The van der Waals surface area contributed by atoms with Crippen LogP contribution in [0.5, 0.6) is 0 Å². The molecule has 2 unspecified atom stereocenters. The zero-order chi connectivity index (χ0) is 12.6. The Bertz CT molecular complexity index is 312. The summed E-state index contributed by atoms with van der Waals surface area (Å²) >= 11 is 0. The Morgan fingerprint density at radius 1 is 1.35 bits per heavy atom. The van der Waals surface area contributed by atoms with E-state index in [0.29, 0.717) is 12.0 Å². The number of aliphatic hydroxyl groups is 1. The number of nitrogens with one attached hydrogen (secondary N) is 2. The lowest BCUT2D eigenvalue weighted by Crippen LogP contribution is -2.46. The third kappa shape index (κ3) is 2.75. The molecule has 4 heteroatoms. The maximum atomic E-state index is 10.0. The van der Waals surface area contributed by atoms with E-state index in [2.05, 4.69) is 17.6 Å². The molecule has 2 heterocycles. The summed E-state index contributed by atoms with van der Waals surface area (Å²) in [6, 6.07) is 0.607. The Morgan fingerprint density at radius 2 is 2.06 bits per heavy atom. The predicted octanol–water partition coefficient (Wildman–Crippen LogP) is 1.32. The van der Waals surface area contributed by atoms with E-state index >= 15 is 0 Å². The van der Waals surface area contributed by atoms with Crippen LogP contribution in [-0.4, -0.2) is 29.5 Å². The highest BCUT2D eigenvalue weighted by atomic mass is 16.5. The van der Waals surface area contributed by atoms with Gasteiger partial charge in [-0.15, -0.1) is 0 Å². The molecule has 2 rings (SSSR count). The fourth-order valence-electron chi connectivity index (χ4n) is 2.62. The Labute approximate surface area is 103 Å². The normalized spacial score (nSPS) is 34.5. The van der Waals surface area contributed by atoms with Crippen LogP contribution in [0, 0.1) is 5.92 Å². The van der Waals surface area contributed by atoms with Crippen molar-refractivity contribution in [1.29, 1.82) is 0 Å². The van der Waals surface area contributed by atoms with Crippen LogP contribution in [-0.2, 0) is 4.74 Å². The Kier molecular flexibility index (Phi) is 3.36. The number of hydrogen-bond acceptors (Lipinski definition) is 4. The number of piperidine rings is 1. The van der Waals surface area contributed by atoms with Crippen molar-refractivity contribution in [2.75, 3.05) is 6.54 Å². The lowest BCUT2D eigenvalue weighted by atomic mass is 9.93. The second kappa shape index (κ2) is 4.50. The second-order valence-electron chi connectivity index (χ2n) is 5.82. The molecule has 0 bridgehead atoms. The Hall–Kier alpha value is -0.740. The van der Waals surface area contributed by atoms with E-state index in [9.17, 15) is 5.11 Å². The van der Waals surface area contributed by atoms with Crippen molar-refractivity contribution in [3.05, 3.63) is 11.5 Å². The SMILES string of the molecule is CC1=C(C(C)(C)O)NC(C2CC[C@@H](C)NC2)O1. The van der Waals surface area contributed by atoms with Gasteiger partial charge < -0.3 is 20.5 Å². The van der Waals surface area contributed by atoms with E-state index in [0.717, 1.165) is 24.4 Å². The van der Waals surface area contributed by atoms with Gasteiger partial charge in [-0.25, -0.2) is 0 Å². The zero-order valence-corrected chi connectivity index (χ0v) is 11.2. The average Bonchev–Trinajstić information content (AvgIpc) is 2.61. The quantitative estimate of drug-likeness (QED) is 0.681. The second-order valence-corrected chi connectivity index (χ2v) is 5.82. The van der Waals surface area contributed by atoms with Crippen molar-refractivity contribution < 1.29 is 9.84 Å². The molecule has 0 aromatic rings. The molecule has 0 aliphatic carbocycles. The summed E-state index contributed by atoms with van der Waals surface area (Å²) in [7, 11) is 0. The molecule has 0 amide bonds. The minimum atomic E-state index is -0.853. The topological polar surface area (TPSA) is 53.5 Å². The third-order valence-corrected chi connectivity index (χ3v) is 3.68. The van der Waals surface area contributed by atoms with Crippen LogP contribution in [0.15, 0.2) is 11.5 Å². The maximum absolute atomic E-state index is 10.0. The summed E-state index contributed by atoms with van der Waals surface area (Å²) in [6.07, 6.45) is 2.36. The highest BCUT2D eigenvalue weighted by Crippen LogP contribution is 2.30. The summed E-state index contributed by atoms with van der Waals surface area (Å²) in [4.78, 5) is 0. The van der Waals surface area contributed by atoms with Gasteiger partial charge in [-0.05, 0) is 40.5 Å². The average molecular weight is 240 g/mol. The molecule has 0 saturated carbocycles. The number of hydrogen-bond donors (Lipinski definition) is 3. The first kappa shape index (κ1) is 12.7. The van der Waals surface area contributed by atoms with Crippen molar-refractivity contribution in [3.8, 4) is 0 Å². The van der Waals surface area contributed by atoms with Gasteiger partial charge in [0, 0.05) is 18.5 Å². The smallest absolute Gasteiger partial charge is 0.173 e. The predicted molar refractivity (Wildman–Crippen MR) is 67.2 cm³/mol. The number of allylic oxidation sites excluding steroid dienone is 1. The Balaban J connectivity index is 1.96. The van der Waals surface area contributed by atoms with Crippen LogP contribution in [0.2, 0.25) is 0 Å². The van der Waals surface area contributed by atoms with Gasteiger partial charge in [-0.2, -0.15) is 0 Å². The van der Waals surface area contributed by atoms with Crippen LogP contribution in [0.25, 0.3) is 0 Å². The van der Waals surface area contributed by atoms with Crippen molar-refractivity contribution in [2.24, 2.45) is 5.92 Å². The number of ether oxygens (including phenoxy) is 1. The first-order valence-corrected chi connectivity index (χ1v) is 6.48. The van der Waals surface area contributed by atoms with E-state index in [1.165, 1.54) is 6.42 Å². The Morgan fingerprint density at radius 3 is 2.53 bits per heavy atom. The number of rotatable bonds is 2. The van der Waals surface area contributed by atoms with Crippen LogP contribution in [0.1, 0.15) is 40.5 Å². The van der Waals surface area contributed by atoms with Gasteiger partial charge in [-0.3, -0.25) is 0 Å². The lowest BCUT2D eigenvalue weighted by molar-refractivity contribution is 0.0534. The minimum Gasteiger partial charge on any atom is -0.473 e. The first-order chi connectivity index (χ1) is 7.88. The maximum Gasteiger partial charge on any atom is 0.173 e. The van der Waals surface area contributed by atoms with Crippen LogP contribution in [0.4, 0.5) is 0 Å². The van der Waals surface area contributed by atoms with E-state index in [1.807, 2.05) is 6.92 Å². The summed E-state index contributed by atoms with van der Waals surface area (Å²) in [5.41, 5.74) is -0.0325. The van der Waals surface area contributed by atoms with Crippen molar-refractivity contribution >= 4 is 0 Å². The van der Waals surface area contributed by atoms with Gasteiger partial charge in [-0.1, -0.05) is 0 Å². The molecule has 1 saturated heterocycles. The molecule has 98 valence electrons. The fourth-order valence-corrected chi connectivity index (χ4v) is 2.62.